The molecule has 1 N–H and O–H groups in total. The lowest BCUT2D eigenvalue weighted by Gasteiger charge is -2.26. The zero-order valence-corrected chi connectivity index (χ0v) is 13.3. The van der Waals surface area contributed by atoms with Gasteiger partial charge in [0.25, 0.3) is 0 Å². The number of pyridine rings is 1. The Morgan fingerprint density at radius 2 is 1.91 bits per heavy atom. The average molecular weight is 309 g/mol. The molecule has 0 radical (unpaired) electrons. The molecule has 22 heavy (non-hydrogen) atoms. The molecular weight excluding hydrogens is 290 g/mol. The third-order valence-corrected chi connectivity index (χ3v) is 5.17. The van der Waals surface area contributed by atoms with Crippen LogP contribution in [0.5, 0.6) is 0 Å². The Hall–Kier alpha value is -1.78. The van der Waals surface area contributed by atoms with E-state index in [0.717, 1.165) is 12.2 Å². The summed E-state index contributed by atoms with van der Waals surface area (Å²) in [5.74, 6) is 2.53. The van der Waals surface area contributed by atoms with Crippen LogP contribution in [0.2, 0.25) is 0 Å². The second-order valence-corrected chi connectivity index (χ2v) is 6.91. The maximum absolute atomic E-state index is 4.36. The summed E-state index contributed by atoms with van der Waals surface area (Å²) in [6, 6.07) is 13.1. The van der Waals surface area contributed by atoms with Gasteiger partial charge in [-0.3, -0.25) is 4.90 Å². The van der Waals surface area contributed by atoms with Crippen molar-refractivity contribution in [2.24, 2.45) is 0 Å². The minimum Gasteiger partial charge on any atom is -0.346 e. The summed E-state index contributed by atoms with van der Waals surface area (Å²) in [5.41, 5.74) is 4.82. The van der Waals surface area contributed by atoms with E-state index in [1.807, 2.05) is 12.3 Å². The zero-order chi connectivity index (χ0) is 14.8. The summed E-state index contributed by atoms with van der Waals surface area (Å²) in [7, 11) is 0. The van der Waals surface area contributed by atoms with Gasteiger partial charge in [-0.2, -0.15) is 11.8 Å². The fraction of sp³-hybridized carbons (Fsp3) is 0.278. The van der Waals surface area contributed by atoms with Crippen molar-refractivity contribution in [3.05, 3.63) is 54.4 Å². The molecule has 0 unspecified atom stereocenters. The highest BCUT2D eigenvalue weighted by Gasteiger charge is 2.11. The second kappa shape index (κ2) is 6.15. The summed E-state index contributed by atoms with van der Waals surface area (Å²) in [6.07, 6.45) is 3.87. The molecule has 1 aromatic carbocycles. The molecule has 1 aliphatic heterocycles. The molecule has 1 aliphatic rings. The van der Waals surface area contributed by atoms with Gasteiger partial charge in [0.1, 0.15) is 5.65 Å². The van der Waals surface area contributed by atoms with Gasteiger partial charge in [0.05, 0.1) is 0 Å². The first-order valence-corrected chi connectivity index (χ1v) is 8.87. The van der Waals surface area contributed by atoms with Crippen LogP contribution in [0.4, 0.5) is 0 Å². The number of aromatic amines is 1. The maximum atomic E-state index is 4.36. The van der Waals surface area contributed by atoms with Crippen LogP contribution in [-0.4, -0.2) is 39.5 Å². The first-order valence-electron chi connectivity index (χ1n) is 7.72. The molecular formula is C18H19N3S. The lowest BCUT2D eigenvalue weighted by molar-refractivity contribution is 0.294. The van der Waals surface area contributed by atoms with Gasteiger partial charge in [0.2, 0.25) is 0 Å². The van der Waals surface area contributed by atoms with Crippen LogP contribution in [0.3, 0.4) is 0 Å². The van der Waals surface area contributed by atoms with Crippen LogP contribution < -0.4 is 0 Å². The van der Waals surface area contributed by atoms with E-state index < -0.39 is 0 Å². The molecule has 4 heteroatoms. The third kappa shape index (κ3) is 2.76. The maximum Gasteiger partial charge on any atom is 0.137 e. The Bertz CT molecular complexity index is 757. The van der Waals surface area contributed by atoms with Gasteiger partial charge in [0, 0.05) is 54.5 Å². The number of benzene rings is 1. The van der Waals surface area contributed by atoms with Crippen molar-refractivity contribution in [1.29, 1.82) is 0 Å². The van der Waals surface area contributed by atoms with Gasteiger partial charge >= 0.3 is 0 Å². The van der Waals surface area contributed by atoms with E-state index in [1.165, 1.54) is 46.7 Å². The molecule has 1 saturated heterocycles. The number of hydrogen-bond donors (Lipinski definition) is 1. The topological polar surface area (TPSA) is 31.9 Å². The van der Waals surface area contributed by atoms with Crippen LogP contribution in [0, 0.1) is 0 Å². The Labute approximate surface area is 134 Å². The van der Waals surface area contributed by atoms with E-state index in [-0.39, 0.29) is 0 Å². The fourth-order valence-corrected chi connectivity index (χ4v) is 3.98. The van der Waals surface area contributed by atoms with E-state index in [2.05, 4.69) is 63.2 Å². The standard InChI is InChI=1S/C18H19N3S/c1-2-16-17(12-20-18(16)19-7-1)15-5-3-14(4-6-15)13-21-8-10-22-11-9-21/h1-7,12H,8-11,13H2,(H,19,20). The summed E-state index contributed by atoms with van der Waals surface area (Å²) < 4.78 is 0. The Kier molecular flexibility index (Phi) is 3.87. The molecule has 0 atom stereocenters. The molecule has 3 nitrogen and oxygen atoms in total. The summed E-state index contributed by atoms with van der Waals surface area (Å²) in [6.45, 7) is 3.48. The highest BCUT2D eigenvalue weighted by molar-refractivity contribution is 7.99. The minimum absolute atomic E-state index is 0.951. The number of H-pyrrole nitrogens is 1. The van der Waals surface area contributed by atoms with Crippen molar-refractivity contribution in [3.8, 4) is 11.1 Å². The normalized spacial score (nSPS) is 16.2. The lowest BCUT2D eigenvalue weighted by Crippen LogP contribution is -2.31. The van der Waals surface area contributed by atoms with Crippen molar-refractivity contribution in [3.63, 3.8) is 0 Å². The number of hydrogen-bond acceptors (Lipinski definition) is 3. The zero-order valence-electron chi connectivity index (χ0n) is 12.5. The van der Waals surface area contributed by atoms with Crippen molar-refractivity contribution >= 4 is 22.8 Å². The van der Waals surface area contributed by atoms with Gasteiger partial charge in [-0.25, -0.2) is 4.98 Å². The molecule has 0 bridgehead atoms. The number of rotatable bonds is 3. The molecule has 1 fully saturated rings. The van der Waals surface area contributed by atoms with Crippen molar-refractivity contribution in [1.82, 2.24) is 14.9 Å². The van der Waals surface area contributed by atoms with Crippen LogP contribution in [0.15, 0.2) is 48.8 Å². The van der Waals surface area contributed by atoms with E-state index in [1.54, 1.807) is 0 Å². The number of aromatic nitrogens is 2. The lowest BCUT2D eigenvalue weighted by atomic mass is 10.0. The largest absolute Gasteiger partial charge is 0.346 e. The van der Waals surface area contributed by atoms with E-state index in [4.69, 9.17) is 0 Å². The predicted octanol–water partition coefficient (Wildman–Crippen LogP) is 3.78. The molecule has 2 aromatic heterocycles. The van der Waals surface area contributed by atoms with Gasteiger partial charge in [-0.1, -0.05) is 24.3 Å². The summed E-state index contributed by atoms with van der Waals surface area (Å²) >= 11 is 2.06. The molecule has 0 saturated carbocycles. The van der Waals surface area contributed by atoms with Crippen LogP contribution in [-0.2, 0) is 6.54 Å². The molecule has 4 rings (SSSR count). The predicted molar refractivity (Wildman–Crippen MR) is 94.1 cm³/mol. The SMILES string of the molecule is c1cnc2[nH]cc(-c3ccc(CN4CCSCC4)cc3)c2c1. The molecule has 3 aromatic rings. The Morgan fingerprint density at radius 1 is 1.09 bits per heavy atom. The smallest absolute Gasteiger partial charge is 0.137 e. The number of nitrogens with zero attached hydrogens (tertiary/aromatic N) is 2. The average Bonchev–Trinajstić information content (AvgIpc) is 3.01. The van der Waals surface area contributed by atoms with E-state index in [0.29, 0.717) is 0 Å². The van der Waals surface area contributed by atoms with Crippen LogP contribution in [0.25, 0.3) is 22.2 Å². The quantitative estimate of drug-likeness (QED) is 0.799. The monoisotopic (exact) mass is 309 g/mol. The summed E-state index contributed by atoms with van der Waals surface area (Å²) in [4.78, 5) is 10.1. The molecule has 0 spiro atoms. The molecule has 112 valence electrons. The number of nitrogens with one attached hydrogen (secondary N) is 1. The van der Waals surface area contributed by atoms with Crippen molar-refractivity contribution in [2.75, 3.05) is 24.6 Å². The summed E-state index contributed by atoms with van der Waals surface area (Å²) in [5, 5.41) is 1.18. The minimum atomic E-state index is 0.951. The molecule has 0 amide bonds. The number of fused-ring (bicyclic) bond motifs is 1. The van der Waals surface area contributed by atoms with E-state index >= 15 is 0 Å². The highest BCUT2D eigenvalue weighted by Crippen LogP contribution is 2.27. The second-order valence-electron chi connectivity index (χ2n) is 5.69. The fourth-order valence-electron chi connectivity index (χ4n) is 3.00. The molecule has 3 heterocycles. The highest BCUT2D eigenvalue weighted by atomic mass is 32.2. The van der Waals surface area contributed by atoms with E-state index in [9.17, 15) is 0 Å². The first kappa shape index (κ1) is 13.9. The molecule has 0 aliphatic carbocycles. The van der Waals surface area contributed by atoms with Gasteiger partial charge < -0.3 is 4.98 Å². The van der Waals surface area contributed by atoms with Crippen molar-refractivity contribution < 1.29 is 0 Å². The Balaban J connectivity index is 1.56. The van der Waals surface area contributed by atoms with Gasteiger partial charge in [-0.05, 0) is 23.3 Å². The Morgan fingerprint density at radius 3 is 2.73 bits per heavy atom. The first-order chi connectivity index (χ1) is 10.9. The van der Waals surface area contributed by atoms with Gasteiger partial charge in [-0.15, -0.1) is 0 Å². The van der Waals surface area contributed by atoms with Crippen LogP contribution >= 0.6 is 11.8 Å². The number of thioether (sulfide) groups is 1. The van der Waals surface area contributed by atoms with Gasteiger partial charge in [0.15, 0.2) is 0 Å². The van der Waals surface area contributed by atoms with Crippen molar-refractivity contribution in [2.45, 2.75) is 6.54 Å². The third-order valence-electron chi connectivity index (χ3n) is 4.23. The van der Waals surface area contributed by atoms with Crippen LogP contribution in [0.1, 0.15) is 5.56 Å².